The lowest BCUT2D eigenvalue weighted by Crippen LogP contribution is -2.60. The zero-order valence-corrected chi connectivity index (χ0v) is 29.1. The van der Waals surface area contributed by atoms with Gasteiger partial charge in [-0.05, 0) is 32.1 Å². The van der Waals surface area contributed by atoms with Gasteiger partial charge in [0.05, 0.1) is 25.4 Å². The summed E-state index contributed by atoms with van der Waals surface area (Å²) in [6.45, 7) is 3.68. The van der Waals surface area contributed by atoms with E-state index in [4.69, 9.17) is 9.47 Å². The van der Waals surface area contributed by atoms with E-state index in [9.17, 15) is 30.3 Å². The highest BCUT2D eigenvalue weighted by molar-refractivity contribution is 5.76. The van der Waals surface area contributed by atoms with Gasteiger partial charge in [0.2, 0.25) is 5.91 Å². The molecule has 46 heavy (non-hydrogen) atoms. The van der Waals surface area contributed by atoms with Crippen LogP contribution in [0.2, 0.25) is 0 Å². The SMILES string of the molecule is CCCCCCCCCCC/C=C/CC/C=C/C(O)C(COC1OC(CO)C(O)C(O)C1O)NC(=O)CCCCCCCCCC. The first-order valence-electron chi connectivity index (χ1n) is 18.6. The number of carbonyl (C=O) groups is 1. The number of ether oxygens (including phenoxy) is 2. The summed E-state index contributed by atoms with van der Waals surface area (Å²) in [6.07, 6.45) is 23.8. The van der Waals surface area contributed by atoms with Crippen LogP contribution in [0, 0.1) is 0 Å². The lowest BCUT2D eigenvalue weighted by molar-refractivity contribution is -0.302. The van der Waals surface area contributed by atoms with Crippen LogP contribution in [0.3, 0.4) is 0 Å². The third-order valence-electron chi connectivity index (χ3n) is 8.78. The predicted octanol–water partition coefficient (Wildman–Crippen LogP) is 5.99. The Bertz CT molecular complexity index is 776. The van der Waals surface area contributed by atoms with Gasteiger partial charge in [0.25, 0.3) is 0 Å². The Morgan fingerprint density at radius 3 is 1.83 bits per heavy atom. The smallest absolute Gasteiger partial charge is 0.220 e. The molecule has 6 N–H and O–H groups in total. The van der Waals surface area contributed by atoms with Gasteiger partial charge in [0.15, 0.2) is 6.29 Å². The Balaban J connectivity index is 2.49. The molecule has 1 fully saturated rings. The van der Waals surface area contributed by atoms with Crippen LogP contribution in [0.1, 0.15) is 149 Å². The van der Waals surface area contributed by atoms with E-state index in [-0.39, 0.29) is 12.5 Å². The Morgan fingerprint density at radius 1 is 0.717 bits per heavy atom. The summed E-state index contributed by atoms with van der Waals surface area (Å²) < 4.78 is 11.1. The molecule has 1 amide bonds. The van der Waals surface area contributed by atoms with Gasteiger partial charge in [-0.1, -0.05) is 134 Å². The molecule has 1 saturated heterocycles. The number of hydrogen-bond acceptors (Lipinski definition) is 8. The van der Waals surface area contributed by atoms with Crippen molar-refractivity contribution in [3.63, 3.8) is 0 Å². The van der Waals surface area contributed by atoms with Gasteiger partial charge in [0.1, 0.15) is 24.4 Å². The van der Waals surface area contributed by atoms with Gasteiger partial charge >= 0.3 is 0 Å². The summed E-state index contributed by atoms with van der Waals surface area (Å²) in [6, 6.07) is -0.813. The topological polar surface area (TPSA) is 149 Å². The first-order valence-corrected chi connectivity index (χ1v) is 18.6. The molecule has 0 bridgehead atoms. The van der Waals surface area contributed by atoms with Gasteiger partial charge in [-0.25, -0.2) is 0 Å². The molecular weight excluding hydrogens is 586 g/mol. The highest BCUT2D eigenvalue weighted by Gasteiger charge is 2.44. The van der Waals surface area contributed by atoms with Gasteiger partial charge in [-0.3, -0.25) is 4.79 Å². The minimum absolute atomic E-state index is 0.194. The largest absolute Gasteiger partial charge is 0.394 e. The van der Waals surface area contributed by atoms with Crippen LogP contribution < -0.4 is 5.32 Å². The monoisotopic (exact) mass is 656 g/mol. The van der Waals surface area contributed by atoms with Gasteiger partial charge < -0.3 is 40.3 Å². The molecule has 270 valence electrons. The molecule has 7 unspecified atom stereocenters. The number of aliphatic hydroxyl groups is 5. The molecular formula is C37H69NO8. The molecule has 0 aliphatic carbocycles. The van der Waals surface area contributed by atoms with Crippen molar-refractivity contribution in [2.24, 2.45) is 0 Å². The van der Waals surface area contributed by atoms with Crippen LogP contribution in [0.5, 0.6) is 0 Å². The van der Waals surface area contributed by atoms with E-state index >= 15 is 0 Å². The molecule has 9 heteroatoms. The summed E-state index contributed by atoms with van der Waals surface area (Å²) in [5.74, 6) is -0.194. The van der Waals surface area contributed by atoms with E-state index < -0.39 is 49.5 Å². The standard InChI is InChI=1S/C37H69NO8/c1-3-5-7-9-11-13-14-15-16-17-18-19-20-22-24-26-31(40)30(38-33(41)27-25-23-21-12-10-8-6-4-2)29-45-37-36(44)35(43)34(42)32(28-39)46-37/h18-19,24,26,30-32,34-37,39-40,42-44H,3-17,20-23,25,27-29H2,1-2H3,(H,38,41)/b19-18+,26-24+. The zero-order chi connectivity index (χ0) is 33.8. The molecule has 9 nitrogen and oxygen atoms in total. The van der Waals surface area contributed by atoms with Crippen molar-refractivity contribution < 1.29 is 39.8 Å². The van der Waals surface area contributed by atoms with Gasteiger partial charge in [-0.15, -0.1) is 0 Å². The van der Waals surface area contributed by atoms with Crippen molar-refractivity contribution in [1.82, 2.24) is 5.32 Å². The molecule has 0 aromatic rings. The summed E-state index contributed by atoms with van der Waals surface area (Å²) in [5, 5.41) is 53.7. The van der Waals surface area contributed by atoms with Gasteiger partial charge in [0, 0.05) is 6.42 Å². The Morgan fingerprint density at radius 2 is 1.24 bits per heavy atom. The van der Waals surface area contributed by atoms with Crippen LogP contribution in [0.15, 0.2) is 24.3 Å². The maximum Gasteiger partial charge on any atom is 0.220 e. The number of carbonyl (C=O) groups excluding carboxylic acids is 1. The first-order chi connectivity index (χ1) is 22.3. The number of amides is 1. The molecule has 0 aromatic carbocycles. The van der Waals surface area contributed by atoms with Crippen molar-refractivity contribution in [2.75, 3.05) is 13.2 Å². The van der Waals surface area contributed by atoms with Crippen molar-refractivity contribution in [1.29, 1.82) is 0 Å². The maximum absolute atomic E-state index is 12.8. The van der Waals surface area contributed by atoms with Crippen molar-refractivity contribution in [2.45, 2.75) is 192 Å². The number of allylic oxidation sites excluding steroid dienone is 3. The number of rotatable bonds is 29. The van der Waals surface area contributed by atoms with E-state index in [1.807, 2.05) is 6.08 Å². The molecule has 1 aliphatic heterocycles. The Kier molecular flexibility index (Phi) is 26.6. The second-order valence-electron chi connectivity index (χ2n) is 13.0. The fraction of sp³-hybridized carbons (Fsp3) is 0.865. The third-order valence-corrected chi connectivity index (χ3v) is 8.78. The van der Waals surface area contributed by atoms with Crippen LogP contribution in [-0.2, 0) is 14.3 Å². The first kappa shape index (κ1) is 42.7. The maximum atomic E-state index is 12.8. The predicted molar refractivity (Wildman–Crippen MR) is 184 cm³/mol. The molecule has 0 aromatic heterocycles. The molecule has 1 heterocycles. The number of hydrogen-bond donors (Lipinski definition) is 6. The summed E-state index contributed by atoms with van der Waals surface area (Å²) in [7, 11) is 0. The molecule has 0 radical (unpaired) electrons. The van der Waals surface area contributed by atoms with Crippen LogP contribution in [0.4, 0.5) is 0 Å². The average molecular weight is 656 g/mol. The third kappa shape index (κ3) is 20.1. The summed E-state index contributed by atoms with van der Waals surface area (Å²) in [5.41, 5.74) is 0. The zero-order valence-electron chi connectivity index (χ0n) is 29.1. The minimum Gasteiger partial charge on any atom is -0.394 e. The minimum atomic E-state index is -1.57. The second kappa shape index (κ2) is 28.7. The molecule has 1 aliphatic rings. The van der Waals surface area contributed by atoms with E-state index in [1.165, 1.54) is 89.9 Å². The number of unbranched alkanes of at least 4 members (excludes halogenated alkanes) is 17. The highest BCUT2D eigenvalue weighted by Crippen LogP contribution is 2.22. The molecule has 0 saturated carbocycles. The van der Waals surface area contributed by atoms with Crippen molar-refractivity contribution >= 4 is 5.91 Å². The van der Waals surface area contributed by atoms with E-state index in [1.54, 1.807) is 6.08 Å². The lowest BCUT2D eigenvalue weighted by atomic mass is 9.99. The normalized spacial score (nSPS) is 23.3. The highest BCUT2D eigenvalue weighted by atomic mass is 16.7. The molecule has 7 atom stereocenters. The van der Waals surface area contributed by atoms with E-state index in [0.29, 0.717) is 6.42 Å². The van der Waals surface area contributed by atoms with Crippen molar-refractivity contribution in [3.8, 4) is 0 Å². The number of nitrogens with one attached hydrogen (secondary N) is 1. The summed E-state index contributed by atoms with van der Waals surface area (Å²) in [4.78, 5) is 12.8. The fourth-order valence-corrected chi connectivity index (χ4v) is 5.70. The van der Waals surface area contributed by atoms with E-state index in [2.05, 4.69) is 31.3 Å². The van der Waals surface area contributed by atoms with E-state index in [0.717, 1.165) is 38.5 Å². The van der Waals surface area contributed by atoms with Crippen LogP contribution in [0.25, 0.3) is 0 Å². The number of aliphatic hydroxyl groups excluding tert-OH is 5. The van der Waals surface area contributed by atoms with Crippen LogP contribution in [-0.4, -0.2) is 87.5 Å². The second-order valence-corrected chi connectivity index (χ2v) is 13.0. The Hall–Kier alpha value is -1.33. The average Bonchev–Trinajstić information content (AvgIpc) is 3.05. The van der Waals surface area contributed by atoms with Gasteiger partial charge in [-0.2, -0.15) is 0 Å². The lowest BCUT2D eigenvalue weighted by Gasteiger charge is -2.40. The van der Waals surface area contributed by atoms with Crippen molar-refractivity contribution in [3.05, 3.63) is 24.3 Å². The quantitative estimate of drug-likeness (QED) is 0.0425. The van der Waals surface area contributed by atoms with Crippen LogP contribution >= 0.6 is 0 Å². The summed E-state index contributed by atoms with van der Waals surface area (Å²) >= 11 is 0. The fourth-order valence-electron chi connectivity index (χ4n) is 5.70. The molecule has 1 rings (SSSR count). The Labute approximate surface area is 279 Å². The molecule has 0 spiro atoms.